The number of likely N-dealkylation sites (tertiary alicyclic amines) is 1. The van der Waals surface area contributed by atoms with Crippen LogP contribution < -0.4 is 5.73 Å². The van der Waals surface area contributed by atoms with E-state index in [1.807, 2.05) is 6.07 Å². The van der Waals surface area contributed by atoms with E-state index in [2.05, 4.69) is 4.90 Å². The largest absolute Gasteiger partial charge is 0.330 e. The van der Waals surface area contributed by atoms with Gasteiger partial charge in [-0.2, -0.15) is 5.26 Å². The molecule has 1 aromatic carbocycles. The molecular weight excluding hydrogens is 229 g/mol. The highest BCUT2D eigenvalue weighted by Crippen LogP contribution is 2.18. The average Bonchev–Trinajstić information content (AvgIpc) is 2.39. The first-order valence-corrected chi connectivity index (χ1v) is 6.33. The molecule has 2 rings (SSSR count). The van der Waals surface area contributed by atoms with Gasteiger partial charge >= 0.3 is 0 Å². The molecule has 0 aromatic heterocycles. The van der Waals surface area contributed by atoms with E-state index in [0.29, 0.717) is 18.0 Å². The highest BCUT2D eigenvalue weighted by Gasteiger charge is 2.18. The minimum atomic E-state index is -0.333. The third kappa shape index (κ3) is 3.28. The Morgan fingerprint density at radius 2 is 2.06 bits per heavy atom. The fraction of sp³-hybridized carbons (Fsp3) is 0.500. The van der Waals surface area contributed by atoms with Crippen LogP contribution in [-0.2, 0) is 6.54 Å². The van der Waals surface area contributed by atoms with E-state index in [9.17, 15) is 4.39 Å². The van der Waals surface area contributed by atoms with E-state index in [1.165, 1.54) is 12.1 Å². The zero-order valence-electron chi connectivity index (χ0n) is 10.4. The van der Waals surface area contributed by atoms with Gasteiger partial charge in [0.25, 0.3) is 0 Å². The normalized spacial score (nSPS) is 17.6. The van der Waals surface area contributed by atoms with Gasteiger partial charge < -0.3 is 5.73 Å². The van der Waals surface area contributed by atoms with Gasteiger partial charge in [-0.05, 0) is 62.2 Å². The molecular formula is C14H18FN3. The second kappa shape index (κ2) is 5.94. The van der Waals surface area contributed by atoms with Crippen LogP contribution in [-0.4, -0.2) is 24.5 Å². The first kappa shape index (κ1) is 13.0. The van der Waals surface area contributed by atoms with Crippen molar-refractivity contribution in [2.45, 2.75) is 19.4 Å². The summed E-state index contributed by atoms with van der Waals surface area (Å²) in [4.78, 5) is 2.29. The minimum Gasteiger partial charge on any atom is -0.330 e. The second-order valence-electron chi connectivity index (χ2n) is 4.92. The van der Waals surface area contributed by atoms with Crippen LogP contribution in [0.3, 0.4) is 0 Å². The van der Waals surface area contributed by atoms with Crippen LogP contribution >= 0.6 is 0 Å². The number of hydrogen-bond acceptors (Lipinski definition) is 3. The Labute approximate surface area is 107 Å². The van der Waals surface area contributed by atoms with Crippen molar-refractivity contribution < 1.29 is 4.39 Å². The van der Waals surface area contributed by atoms with Crippen LogP contribution in [0.5, 0.6) is 0 Å². The van der Waals surface area contributed by atoms with Gasteiger partial charge in [0.15, 0.2) is 0 Å². The molecule has 0 bridgehead atoms. The molecule has 96 valence electrons. The lowest BCUT2D eigenvalue weighted by molar-refractivity contribution is 0.180. The second-order valence-corrected chi connectivity index (χ2v) is 4.92. The molecule has 1 heterocycles. The monoisotopic (exact) mass is 247 g/mol. The standard InChI is InChI=1S/C14H18FN3/c15-14-6-12(9-17)5-13(7-14)10-18-3-1-11(8-16)2-4-18/h5-7,11H,1-4,8,10,16H2. The van der Waals surface area contributed by atoms with Gasteiger partial charge in [0.1, 0.15) is 5.82 Å². The third-order valence-corrected chi connectivity index (χ3v) is 3.53. The fourth-order valence-electron chi connectivity index (χ4n) is 2.44. The Kier molecular flexibility index (Phi) is 4.29. The fourth-order valence-corrected chi connectivity index (χ4v) is 2.44. The predicted molar refractivity (Wildman–Crippen MR) is 68.2 cm³/mol. The van der Waals surface area contributed by atoms with Gasteiger partial charge in [0.05, 0.1) is 11.6 Å². The van der Waals surface area contributed by atoms with E-state index in [1.54, 1.807) is 6.07 Å². The van der Waals surface area contributed by atoms with Gasteiger partial charge in [-0.3, -0.25) is 4.90 Å². The quantitative estimate of drug-likeness (QED) is 0.887. The molecule has 0 radical (unpaired) electrons. The van der Waals surface area contributed by atoms with Crippen molar-refractivity contribution in [1.82, 2.24) is 4.90 Å². The highest BCUT2D eigenvalue weighted by molar-refractivity contribution is 5.33. The smallest absolute Gasteiger partial charge is 0.124 e. The molecule has 1 aromatic rings. The van der Waals surface area contributed by atoms with Crippen molar-refractivity contribution in [2.75, 3.05) is 19.6 Å². The molecule has 0 unspecified atom stereocenters. The molecule has 0 aliphatic carbocycles. The molecule has 3 nitrogen and oxygen atoms in total. The highest BCUT2D eigenvalue weighted by atomic mass is 19.1. The molecule has 4 heteroatoms. The molecule has 0 spiro atoms. The number of halogens is 1. The number of piperidine rings is 1. The molecule has 0 saturated carbocycles. The summed E-state index contributed by atoms with van der Waals surface area (Å²) in [5.41, 5.74) is 6.92. The zero-order chi connectivity index (χ0) is 13.0. The topological polar surface area (TPSA) is 53.0 Å². The summed E-state index contributed by atoms with van der Waals surface area (Å²) in [5.74, 6) is 0.296. The van der Waals surface area contributed by atoms with Crippen molar-refractivity contribution in [1.29, 1.82) is 5.26 Å². The van der Waals surface area contributed by atoms with Gasteiger partial charge in [0.2, 0.25) is 0 Å². The summed E-state index contributed by atoms with van der Waals surface area (Å²) in [7, 11) is 0. The Balaban J connectivity index is 1.98. The number of hydrogen-bond donors (Lipinski definition) is 1. The van der Waals surface area contributed by atoms with Crippen molar-refractivity contribution in [3.63, 3.8) is 0 Å². The molecule has 2 N–H and O–H groups in total. The Bertz CT molecular complexity index is 445. The van der Waals surface area contributed by atoms with Gasteiger partial charge in [-0.15, -0.1) is 0 Å². The maximum absolute atomic E-state index is 13.3. The van der Waals surface area contributed by atoms with E-state index in [4.69, 9.17) is 11.0 Å². The molecule has 0 atom stereocenters. The lowest BCUT2D eigenvalue weighted by atomic mass is 9.96. The van der Waals surface area contributed by atoms with Gasteiger partial charge in [0, 0.05) is 6.54 Å². The summed E-state index contributed by atoms with van der Waals surface area (Å²) in [6.07, 6.45) is 2.22. The molecule has 1 fully saturated rings. The Hall–Kier alpha value is -1.44. The molecule has 18 heavy (non-hydrogen) atoms. The Morgan fingerprint density at radius 1 is 1.33 bits per heavy atom. The van der Waals surface area contributed by atoms with Crippen LogP contribution in [0, 0.1) is 23.1 Å². The van der Waals surface area contributed by atoms with Crippen molar-refractivity contribution >= 4 is 0 Å². The summed E-state index contributed by atoms with van der Waals surface area (Å²) >= 11 is 0. The van der Waals surface area contributed by atoms with Crippen LogP contribution in [0.15, 0.2) is 18.2 Å². The predicted octanol–water partition coefficient (Wildman–Crippen LogP) is 1.87. The van der Waals surface area contributed by atoms with Crippen LogP contribution in [0.4, 0.5) is 4.39 Å². The summed E-state index contributed by atoms with van der Waals surface area (Å²) in [5, 5.41) is 8.81. The SMILES string of the molecule is N#Cc1cc(F)cc(CN2CCC(CN)CC2)c1. The van der Waals surface area contributed by atoms with E-state index in [0.717, 1.165) is 38.0 Å². The Morgan fingerprint density at radius 3 is 2.67 bits per heavy atom. The average molecular weight is 247 g/mol. The van der Waals surface area contributed by atoms with Crippen LogP contribution in [0.2, 0.25) is 0 Å². The summed E-state index contributed by atoms with van der Waals surface area (Å²) in [6.45, 7) is 3.47. The first-order valence-electron chi connectivity index (χ1n) is 6.33. The van der Waals surface area contributed by atoms with E-state index < -0.39 is 0 Å². The van der Waals surface area contributed by atoms with Crippen molar-refractivity contribution in [3.8, 4) is 6.07 Å². The third-order valence-electron chi connectivity index (χ3n) is 3.53. The summed E-state index contributed by atoms with van der Waals surface area (Å²) in [6, 6.07) is 6.53. The van der Waals surface area contributed by atoms with Gasteiger partial charge in [-0.1, -0.05) is 0 Å². The van der Waals surface area contributed by atoms with Crippen LogP contribution in [0.1, 0.15) is 24.0 Å². The molecule has 1 aliphatic heterocycles. The first-order chi connectivity index (χ1) is 8.71. The maximum Gasteiger partial charge on any atom is 0.124 e. The van der Waals surface area contributed by atoms with Crippen molar-refractivity contribution in [2.24, 2.45) is 11.7 Å². The number of nitriles is 1. The number of nitrogens with two attached hydrogens (primary N) is 1. The molecule has 0 amide bonds. The van der Waals surface area contributed by atoms with Gasteiger partial charge in [-0.25, -0.2) is 4.39 Å². The zero-order valence-corrected chi connectivity index (χ0v) is 10.4. The number of nitrogens with zero attached hydrogens (tertiary/aromatic N) is 2. The lowest BCUT2D eigenvalue weighted by Gasteiger charge is -2.31. The lowest BCUT2D eigenvalue weighted by Crippen LogP contribution is -2.35. The maximum atomic E-state index is 13.3. The summed E-state index contributed by atoms with van der Waals surface area (Å²) < 4.78 is 13.3. The van der Waals surface area contributed by atoms with Crippen LogP contribution in [0.25, 0.3) is 0 Å². The van der Waals surface area contributed by atoms with E-state index >= 15 is 0 Å². The number of benzene rings is 1. The van der Waals surface area contributed by atoms with E-state index in [-0.39, 0.29) is 5.82 Å². The molecule has 1 aliphatic rings. The van der Waals surface area contributed by atoms with Crippen molar-refractivity contribution in [3.05, 3.63) is 35.1 Å². The minimum absolute atomic E-state index is 0.333. The molecule has 1 saturated heterocycles. The number of rotatable bonds is 3.